The molecule has 0 aliphatic carbocycles. The van der Waals surface area contributed by atoms with Crippen LogP contribution in [-0.4, -0.2) is 10.2 Å². The highest BCUT2D eigenvalue weighted by molar-refractivity contribution is 7.99. The maximum atomic E-state index is 4.28. The molecule has 0 unspecified atom stereocenters. The van der Waals surface area contributed by atoms with Crippen LogP contribution < -0.4 is 0 Å². The van der Waals surface area contributed by atoms with Crippen molar-refractivity contribution in [2.75, 3.05) is 0 Å². The van der Waals surface area contributed by atoms with E-state index in [0.717, 1.165) is 17.0 Å². The quantitative estimate of drug-likeness (QED) is 0.374. The Morgan fingerprint density at radius 1 is 0.692 bits per heavy atom. The minimum absolute atomic E-state index is 0.934. The molecule has 0 spiro atoms. The zero-order valence-corrected chi connectivity index (χ0v) is 15.8. The van der Waals surface area contributed by atoms with E-state index in [1.807, 2.05) is 35.8 Å². The SMILES string of the molecule is c1ccc(CSc2ccc3nncc(SCc4ccccc4)c3c2)cc1. The predicted molar refractivity (Wildman–Crippen MR) is 112 cm³/mol. The lowest BCUT2D eigenvalue weighted by atomic mass is 10.2. The Hall–Kier alpha value is -2.30. The van der Waals surface area contributed by atoms with Crippen LogP contribution in [0.4, 0.5) is 0 Å². The number of nitrogens with zero attached hydrogens (tertiary/aromatic N) is 2. The topological polar surface area (TPSA) is 25.8 Å². The van der Waals surface area contributed by atoms with Gasteiger partial charge in [-0.3, -0.25) is 0 Å². The zero-order chi connectivity index (χ0) is 17.6. The molecule has 128 valence electrons. The van der Waals surface area contributed by atoms with Crippen LogP contribution in [0, 0.1) is 0 Å². The van der Waals surface area contributed by atoms with Crippen LogP contribution >= 0.6 is 23.5 Å². The van der Waals surface area contributed by atoms with Gasteiger partial charge in [0, 0.05) is 26.7 Å². The van der Waals surface area contributed by atoms with Crippen LogP contribution in [0.25, 0.3) is 10.9 Å². The summed E-state index contributed by atoms with van der Waals surface area (Å²) >= 11 is 3.67. The summed E-state index contributed by atoms with van der Waals surface area (Å²) in [5.74, 6) is 1.90. The smallest absolute Gasteiger partial charge is 0.0941 e. The van der Waals surface area contributed by atoms with Crippen molar-refractivity contribution in [2.24, 2.45) is 0 Å². The molecule has 4 heteroatoms. The van der Waals surface area contributed by atoms with E-state index in [1.165, 1.54) is 26.3 Å². The molecule has 0 atom stereocenters. The number of aromatic nitrogens is 2. The van der Waals surface area contributed by atoms with Crippen molar-refractivity contribution < 1.29 is 0 Å². The van der Waals surface area contributed by atoms with Gasteiger partial charge < -0.3 is 0 Å². The molecule has 2 nitrogen and oxygen atoms in total. The molecule has 0 N–H and O–H groups in total. The number of rotatable bonds is 6. The normalized spacial score (nSPS) is 10.9. The van der Waals surface area contributed by atoms with Crippen molar-refractivity contribution in [1.29, 1.82) is 0 Å². The first-order chi connectivity index (χ1) is 12.9. The number of thioether (sulfide) groups is 2. The number of hydrogen-bond donors (Lipinski definition) is 0. The van der Waals surface area contributed by atoms with Gasteiger partial charge in [0.25, 0.3) is 0 Å². The van der Waals surface area contributed by atoms with Gasteiger partial charge in [-0.15, -0.1) is 23.5 Å². The maximum absolute atomic E-state index is 4.28. The van der Waals surface area contributed by atoms with Crippen molar-refractivity contribution >= 4 is 34.4 Å². The van der Waals surface area contributed by atoms with Crippen molar-refractivity contribution in [3.63, 3.8) is 0 Å². The van der Waals surface area contributed by atoms with Gasteiger partial charge in [0.1, 0.15) is 0 Å². The van der Waals surface area contributed by atoms with E-state index in [2.05, 4.69) is 83.0 Å². The fourth-order valence-corrected chi connectivity index (χ4v) is 4.54. The standard InChI is InChI=1S/C22H18N2S2/c1-3-7-17(8-4-1)15-25-19-11-12-21-20(13-19)22(14-23-24-21)26-16-18-9-5-2-6-10-18/h1-14H,15-16H2. The van der Waals surface area contributed by atoms with E-state index >= 15 is 0 Å². The number of benzene rings is 3. The summed E-state index contributed by atoms with van der Waals surface area (Å²) < 4.78 is 0. The Morgan fingerprint density at radius 3 is 2.04 bits per heavy atom. The fraction of sp³-hybridized carbons (Fsp3) is 0.0909. The second-order valence-electron chi connectivity index (χ2n) is 5.94. The van der Waals surface area contributed by atoms with E-state index in [9.17, 15) is 0 Å². The minimum Gasteiger partial charge on any atom is -0.157 e. The van der Waals surface area contributed by atoms with Crippen molar-refractivity contribution in [2.45, 2.75) is 21.3 Å². The molecule has 0 bridgehead atoms. The first-order valence-corrected chi connectivity index (χ1v) is 10.4. The van der Waals surface area contributed by atoms with Crippen LogP contribution in [0.5, 0.6) is 0 Å². The average molecular weight is 375 g/mol. The van der Waals surface area contributed by atoms with Gasteiger partial charge in [-0.2, -0.15) is 10.2 Å². The van der Waals surface area contributed by atoms with E-state index in [-0.39, 0.29) is 0 Å². The summed E-state index contributed by atoms with van der Waals surface area (Å²) in [6.07, 6.45) is 1.88. The lowest BCUT2D eigenvalue weighted by Crippen LogP contribution is -1.88. The average Bonchev–Trinajstić information content (AvgIpc) is 2.72. The highest BCUT2D eigenvalue weighted by Gasteiger charge is 2.06. The van der Waals surface area contributed by atoms with Crippen molar-refractivity contribution in [3.05, 3.63) is 96.2 Å². The van der Waals surface area contributed by atoms with Crippen LogP contribution in [0.1, 0.15) is 11.1 Å². The Bertz CT molecular complexity index is 989. The molecule has 0 saturated carbocycles. The third-order valence-corrected chi connectivity index (χ3v) is 6.24. The van der Waals surface area contributed by atoms with E-state index in [4.69, 9.17) is 0 Å². The lowest BCUT2D eigenvalue weighted by Gasteiger charge is -2.08. The van der Waals surface area contributed by atoms with Gasteiger partial charge in [-0.05, 0) is 29.3 Å². The van der Waals surface area contributed by atoms with Crippen LogP contribution in [0.3, 0.4) is 0 Å². The highest BCUT2D eigenvalue weighted by Crippen LogP contribution is 2.32. The summed E-state index contributed by atoms with van der Waals surface area (Å²) in [5.41, 5.74) is 3.60. The lowest BCUT2D eigenvalue weighted by molar-refractivity contribution is 1.04. The second kappa shape index (κ2) is 8.39. The molecule has 0 aliphatic heterocycles. The second-order valence-corrected chi connectivity index (χ2v) is 8.00. The molecule has 1 aromatic heterocycles. The molecule has 0 radical (unpaired) electrons. The number of fused-ring (bicyclic) bond motifs is 1. The first-order valence-electron chi connectivity index (χ1n) is 8.47. The Balaban J connectivity index is 1.54. The molecule has 4 aromatic rings. The summed E-state index contributed by atoms with van der Waals surface area (Å²) in [5, 5.41) is 9.63. The van der Waals surface area contributed by atoms with E-state index in [0.29, 0.717) is 0 Å². The zero-order valence-electron chi connectivity index (χ0n) is 14.2. The molecule has 0 fully saturated rings. The highest BCUT2D eigenvalue weighted by atomic mass is 32.2. The molecule has 0 saturated heterocycles. The third-order valence-electron chi connectivity index (χ3n) is 4.06. The number of hydrogen-bond acceptors (Lipinski definition) is 4. The van der Waals surface area contributed by atoms with Crippen LogP contribution in [-0.2, 0) is 11.5 Å². The summed E-state index contributed by atoms with van der Waals surface area (Å²) in [6, 6.07) is 27.5. The molecular weight excluding hydrogens is 356 g/mol. The van der Waals surface area contributed by atoms with Crippen molar-refractivity contribution in [1.82, 2.24) is 10.2 Å². The third kappa shape index (κ3) is 4.26. The fourth-order valence-electron chi connectivity index (χ4n) is 2.69. The minimum atomic E-state index is 0.934. The van der Waals surface area contributed by atoms with Crippen molar-refractivity contribution in [3.8, 4) is 0 Å². The summed E-state index contributed by atoms with van der Waals surface area (Å²) in [7, 11) is 0. The van der Waals surface area contributed by atoms with Gasteiger partial charge in [-0.25, -0.2) is 0 Å². The summed E-state index contributed by atoms with van der Waals surface area (Å²) in [4.78, 5) is 2.44. The molecule has 0 aliphatic rings. The van der Waals surface area contributed by atoms with Gasteiger partial charge >= 0.3 is 0 Å². The molecule has 1 heterocycles. The van der Waals surface area contributed by atoms with Crippen LogP contribution in [0.2, 0.25) is 0 Å². The van der Waals surface area contributed by atoms with E-state index < -0.39 is 0 Å². The monoisotopic (exact) mass is 374 g/mol. The molecular formula is C22H18N2S2. The predicted octanol–water partition coefficient (Wildman–Crippen LogP) is 6.21. The van der Waals surface area contributed by atoms with Gasteiger partial charge in [0.15, 0.2) is 0 Å². The molecule has 4 rings (SSSR count). The maximum Gasteiger partial charge on any atom is 0.0941 e. The van der Waals surface area contributed by atoms with Gasteiger partial charge in [-0.1, -0.05) is 60.7 Å². The van der Waals surface area contributed by atoms with Gasteiger partial charge in [0.2, 0.25) is 0 Å². The molecule has 3 aromatic carbocycles. The first kappa shape index (κ1) is 17.1. The Kier molecular flexibility index (Phi) is 5.53. The Labute approximate surface area is 162 Å². The van der Waals surface area contributed by atoms with Crippen LogP contribution in [0.15, 0.2) is 94.9 Å². The Morgan fingerprint density at radius 2 is 1.35 bits per heavy atom. The molecule has 0 amide bonds. The summed E-state index contributed by atoms with van der Waals surface area (Å²) in [6.45, 7) is 0. The molecule has 26 heavy (non-hydrogen) atoms. The largest absolute Gasteiger partial charge is 0.157 e. The van der Waals surface area contributed by atoms with Gasteiger partial charge in [0.05, 0.1) is 11.7 Å². The van der Waals surface area contributed by atoms with E-state index in [1.54, 1.807) is 0 Å².